The molecule has 0 fully saturated rings. The average Bonchev–Trinajstić information content (AvgIpc) is 2.36. The fourth-order valence-corrected chi connectivity index (χ4v) is 1.99. The van der Waals surface area contributed by atoms with Gasteiger partial charge >= 0.3 is 0 Å². The zero-order chi connectivity index (χ0) is 16.2. The van der Waals surface area contributed by atoms with Crippen molar-refractivity contribution in [1.29, 1.82) is 0 Å². The topological polar surface area (TPSA) is 133 Å². The second kappa shape index (κ2) is 6.25. The molecule has 0 saturated heterocycles. The van der Waals surface area contributed by atoms with Crippen LogP contribution in [0.15, 0.2) is 24.3 Å². The number of nitrogen functional groups attached to an aromatic ring is 1. The Morgan fingerprint density at radius 2 is 1.43 bits per heavy atom. The normalized spacial score (nSPS) is 11.0. The fraction of sp³-hybridized carbons (Fsp3) is 0.357. The Bertz CT molecular complexity index is 536. The Morgan fingerprint density at radius 1 is 1.00 bits per heavy atom. The molecular formula is C14H20N4O3. The predicted octanol–water partition coefficient (Wildman–Crippen LogP) is -0.654. The summed E-state index contributed by atoms with van der Waals surface area (Å²) < 4.78 is 0. The molecule has 6 N–H and O–H groups in total. The second-order valence-corrected chi connectivity index (χ2v) is 5.34. The van der Waals surface area contributed by atoms with E-state index in [0.29, 0.717) is 11.3 Å². The molecule has 1 rings (SSSR count). The number of amides is 3. The van der Waals surface area contributed by atoms with E-state index >= 15 is 0 Å². The summed E-state index contributed by atoms with van der Waals surface area (Å²) in [7, 11) is 0. The molecule has 0 radical (unpaired) electrons. The lowest BCUT2D eigenvalue weighted by atomic mass is 9.83. The Kier molecular flexibility index (Phi) is 4.91. The Hall–Kier alpha value is -2.57. The minimum Gasteiger partial charge on any atom is -0.399 e. The van der Waals surface area contributed by atoms with E-state index in [-0.39, 0.29) is 13.1 Å². The first-order valence-corrected chi connectivity index (χ1v) is 6.36. The zero-order valence-electron chi connectivity index (χ0n) is 12.1. The predicted molar refractivity (Wildman–Crippen MR) is 78.8 cm³/mol. The molecule has 3 amide bonds. The number of hydrogen-bond acceptors (Lipinski definition) is 4. The van der Waals surface area contributed by atoms with Crippen LogP contribution in [0.4, 0.5) is 5.69 Å². The van der Waals surface area contributed by atoms with E-state index in [0.717, 1.165) is 4.90 Å². The van der Waals surface area contributed by atoms with Gasteiger partial charge in [0.05, 0.1) is 18.5 Å². The molecule has 0 saturated carbocycles. The maximum Gasteiger partial charge on any atom is 0.237 e. The summed E-state index contributed by atoms with van der Waals surface area (Å²) in [5.74, 6) is -1.83. The summed E-state index contributed by atoms with van der Waals surface area (Å²) in [5.41, 5.74) is 16.2. The van der Waals surface area contributed by atoms with Gasteiger partial charge < -0.3 is 22.1 Å². The Morgan fingerprint density at radius 3 is 1.81 bits per heavy atom. The second-order valence-electron chi connectivity index (χ2n) is 5.34. The molecule has 1 aromatic carbocycles. The third-order valence-electron chi connectivity index (χ3n) is 3.15. The number of carbonyl (C=O) groups excluding carboxylic acids is 3. The van der Waals surface area contributed by atoms with Gasteiger partial charge in [-0.3, -0.25) is 14.4 Å². The highest BCUT2D eigenvalue weighted by Gasteiger charge is 2.34. The molecule has 114 valence electrons. The molecule has 0 aliphatic carbocycles. The lowest BCUT2D eigenvalue weighted by molar-refractivity contribution is -0.141. The Labute approximate surface area is 123 Å². The molecule has 0 atom stereocenters. The van der Waals surface area contributed by atoms with Crippen LogP contribution >= 0.6 is 0 Å². The molecule has 7 nitrogen and oxygen atoms in total. The van der Waals surface area contributed by atoms with Crippen molar-refractivity contribution in [2.75, 3.05) is 18.8 Å². The van der Waals surface area contributed by atoms with Crippen LogP contribution in [-0.4, -0.2) is 35.7 Å². The standard InChI is InChI=1S/C14H20N4O3/c1-14(2,9-3-5-10(15)6-4-9)13(21)18(7-11(16)19)8-12(17)20/h3-6H,7-8,15H2,1-2H3,(H2,16,19)(H2,17,20). The number of primary amides is 2. The van der Waals surface area contributed by atoms with Crippen LogP contribution in [0.3, 0.4) is 0 Å². The van der Waals surface area contributed by atoms with Crippen molar-refractivity contribution < 1.29 is 14.4 Å². The quantitative estimate of drug-likeness (QED) is 0.600. The van der Waals surface area contributed by atoms with E-state index in [1.807, 2.05) is 0 Å². The number of rotatable bonds is 6. The van der Waals surface area contributed by atoms with Crippen molar-refractivity contribution in [3.05, 3.63) is 29.8 Å². The van der Waals surface area contributed by atoms with E-state index in [2.05, 4.69) is 0 Å². The van der Waals surface area contributed by atoms with Crippen LogP contribution in [0.2, 0.25) is 0 Å². The van der Waals surface area contributed by atoms with Crippen molar-refractivity contribution in [2.24, 2.45) is 11.5 Å². The lowest BCUT2D eigenvalue weighted by Crippen LogP contribution is -2.49. The highest BCUT2D eigenvalue weighted by molar-refractivity contribution is 5.93. The summed E-state index contributed by atoms with van der Waals surface area (Å²) in [6, 6.07) is 6.80. The number of hydrogen-bond donors (Lipinski definition) is 3. The van der Waals surface area contributed by atoms with Crippen LogP contribution in [0.25, 0.3) is 0 Å². The molecule has 7 heteroatoms. The van der Waals surface area contributed by atoms with Gasteiger partial charge in [0.15, 0.2) is 0 Å². The number of nitrogens with two attached hydrogens (primary N) is 3. The Balaban J connectivity index is 3.07. The summed E-state index contributed by atoms with van der Waals surface area (Å²) in [5, 5.41) is 0. The van der Waals surface area contributed by atoms with Gasteiger partial charge in [-0.05, 0) is 31.5 Å². The largest absolute Gasteiger partial charge is 0.399 e. The van der Waals surface area contributed by atoms with E-state index in [4.69, 9.17) is 17.2 Å². The first-order valence-electron chi connectivity index (χ1n) is 6.36. The SMILES string of the molecule is CC(C)(C(=O)N(CC(N)=O)CC(N)=O)c1ccc(N)cc1. The van der Waals surface area contributed by atoms with Gasteiger partial charge in [0, 0.05) is 5.69 Å². The molecule has 0 aliphatic heterocycles. The van der Waals surface area contributed by atoms with Crippen molar-refractivity contribution in [3.63, 3.8) is 0 Å². The molecule has 21 heavy (non-hydrogen) atoms. The van der Waals surface area contributed by atoms with Crippen molar-refractivity contribution >= 4 is 23.4 Å². The van der Waals surface area contributed by atoms with Crippen LogP contribution < -0.4 is 17.2 Å². The van der Waals surface area contributed by atoms with Crippen LogP contribution in [0.5, 0.6) is 0 Å². The molecular weight excluding hydrogens is 272 g/mol. The minimum atomic E-state index is -0.946. The lowest BCUT2D eigenvalue weighted by Gasteiger charge is -2.31. The molecule has 0 heterocycles. The average molecular weight is 292 g/mol. The minimum absolute atomic E-state index is 0.361. The van der Waals surface area contributed by atoms with Gasteiger partial charge in [-0.2, -0.15) is 0 Å². The van der Waals surface area contributed by atoms with Crippen molar-refractivity contribution in [3.8, 4) is 0 Å². The third-order valence-corrected chi connectivity index (χ3v) is 3.15. The van der Waals surface area contributed by atoms with E-state index in [9.17, 15) is 14.4 Å². The third kappa shape index (κ3) is 4.20. The fourth-order valence-electron chi connectivity index (χ4n) is 1.99. The maximum absolute atomic E-state index is 12.6. The summed E-state index contributed by atoms with van der Waals surface area (Å²) in [6.07, 6.45) is 0. The van der Waals surface area contributed by atoms with E-state index in [1.165, 1.54) is 0 Å². The highest BCUT2D eigenvalue weighted by Crippen LogP contribution is 2.26. The van der Waals surface area contributed by atoms with Crippen LogP contribution in [0, 0.1) is 0 Å². The molecule has 0 aromatic heterocycles. The first-order chi connectivity index (χ1) is 9.64. The van der Waals surface area contributed by atoms with Gasteiger partial charge in [0.25, 0.3) is 0 Å². The molecule has 0 unspecified atom stereocenters. The zero-order valence-corrected chi connectivity index (χ0v) is 12.1. The highest BCUT2D eigenvalue weighted by atomic mass is 16.2. The van der Waals surface area contributed by atoms with Gasteiger partial charge in [-0.1, -0.05) is 12.1 Å². The van der Waals surface area contributed by atoms with Gasteiger partial charge in [-0.25, -0.2) is 0 Å². The van der Waals surface area contributed by atoms with Crippen LogP contribution in [-0.2, 0) is 19.8 Å². The van der Waals surface area contributed by atoms with Gasteiger partial charge in [0.2, 0.25) is 17.7 Å². The summed E-state index contributed by atoms with van der Waals surface area (Å²) >= 11 is 0. The molecule has 0 bridgehead atoms. The molecule has 1 aromatic rings. The summed E-state index contributed by atoms with van der Waals surface area (Å²) in [4.78, 5) is 35.8. The molecule has 0 spiro atoms. The van der Waals surface area contributed by atoms with Gasteiger partial charge in [0.1, 0.15) is 0 Å². The van der Waals surface area contributed by atoms with Crippen LogP contribution in [0.1, 0.15) is 19.4 Å². The van der Waals surface area contributed by atoms with E-state index < -0.39 is 23.1 Å². The maximum atomic E-state index is 12.6. The molecule has 0 aliphatic rings. The van der Waals surface area contributed by atoms with Crippen molar-refractivity contribution in [1.82, 2.24) is 4.90 Å². The number of anilines is 1. The smallest absolute Gasteiger partial charge is 0.237 e. The van der Waals surface area contributed by atoms with Gasteiger partial charge in [-0.15, -0.1) is 0 Å². The number of nitrogens with zero attached hydrogens (tertiary/aromatic N) is 1. The number of carbonyl (C=O) groups is 3. The monoisotopic (exact) mass is 292 g/mol. The summed E-state index contributed by atoms with van der Waals surface area (Å²) in [6.45, 7) is 2.66. The van der Waals surface area contributed by atoms with E-state index in [1.54, 1.807) is 38.1 Å². The first kappa shape index (κ1) is 16.5. The number of benzene rings is 1. The van der Waals surface area contributed by atoms with Crippen molar-refractivity contribution in [2.45, 2.75) is 19.3 Å².